The van der Waals surface area contributed by atoms with Crippen molar-refractivity contribution in [3.05, 3.63) is 83.1 Å². The molecular formula is C19H14ClFO3S. The number of benzene rings is 3. The van der Waals surface area contributed by atoms with Crippen molar-refractivity contribution in [2.24, 2.45) is 0 Å². The maximum Gasteiger partial charge on any atom is 0.339 e. The molecule has 128 valence electrons. The molecule has 0 N–H and O–H groups in total. The summed E-state index contributed by atoms with van der Waals surface area (Å²) >= 11 is 5.84. The zero-order chi connectivity index (χ0) is 18.0. The van der Waals surface area contributed by atoms with E-state index in [4.69, 9.17) is 15.8 Å². The summed E-state index contributed by atoms with van der Waals surface area (Å²) in [7, 11) is -4.09. The van der Waals surface area contributed by atoms with Crippen molar-refractivity contribution in [3.63, 3.8) is 0 Å². The van der Waals surface area contributed by atoms with Gasteiger partial charge in [-0.2, -0.15) is 8.42 Å². The van der Waals surface area contributed by atoms with Crippen molar-refractivity contribution in [1.29, 1.82) is 0 Å². The molecule has 3 nitrogen and oxygen atoms in total. The standard InChI is InChI=1S/C19H14ClFO3S/c1-13-2-9-17(10-3-13)25(22,23)24-19-11-6-15(12-18(19)21)14-4-7-16(20)8-5-14/h2-12H,1H3. The molecule has 0 saturated heterocycles. The molecular weight excluding hydrogens is 363 g/mol. The second-order valence-electron chi connectivity index (χ2n) is 5.50. The zero-order valence-corrected chi connectivity index (χ0v) is 14.8. The van der Waals surface area contributed by atoms with Gasteiger partial charge in [-0.1, -0.05) is 47.5 Å². The summed E-state index contributed by atoms with van der Waals surface area (Å²) in [5.74, 6) is -1.11. The summed E-state index contributed by atoms with van der Waals surface area (Å²) in [5, 5.41) is 0.577. The van der Waals surface area contributed by atoms with Gasteiger partial charge in [-0.05, 0) is 54.4 Å². The summed E-state index contributed by atoms with van der Waals surface area (Å²) in [6, 6.07) is 17.1. The third kappa shape index (κ3) is 4.00. The van der Waals surface area contributed by atoms with Crippen LogP contribution >= 0.6 is 11.6 Å². The molecule has 0 aliphatic rings. The maximum atomic E-state index is 14.3. The average Bonchev–Trinajstić information content (AvgIpc) is 2.58. The fourth-order valence-electron chi connectivity index (χ4n) is 2.26. The van der Waals surface area contributed by atoms with Gasteiger partial charge in [0.05, 0.1) is 0 Å². The van der Waals surface area contributed by atoms with E-state index >= 15 is 0 Å². The van der Waals surface area contributed by atoms with Crippen molar-refractivity contribution in [3.8, 4) is 16.9 Å². The largest absolute Gasteiger partial charge is 0.376 e. The van der Waals surface area contributed by atoms with E-state index in [1.807, 2.05) is 6.92 Å². The minimum Gasteiger partial charge on any atom is -0.376 e. The van der Waals surface area contributed by atoms with Gasteiger partial charge in [0.15, 0.2) is 11.6 Å². The summed E-state index contributed by atoms with van der Waals surface area (Å²) in [6.07, 6.45) is 0. The first-order chi connectivity index (χ1) is 11.8. The van der Waals surface area contributed by atoms with Crippen molar-refractivity contribution < 1.29 is 17.0 Å². The van der Waals surface area contributed by atoms with Crippen molar-refractivity contribution in [2.75, 3.05) is 0 Å². The summed E-state index contributed by atoms with van der Waals surface area (Å²) in [6.45, 7) is 1.84. The molecule has 25 heavy (non-hydrogen) atoms. The van der Waals surface area contributed by atoms with E-state index in [1.165, 1.54) is 24.3 Å². The van der Waals surface area contributed by atoms with Crippen LogP contribution in [0.25, 0.3) is 11.1 Å². The predicted molar refractivity (Wildman–Crippen MR) is 95.8 cm³/mol. The first-order valence-corrected chi connectivity index (χ1v) is 9.20. The number of aryl methyl sites for hydroxylation is 1. The van der Waals surface area contributed by atoms with Crippen molar-refractivity contribution in [2.45, 2.75) is 11.8 Å². The van der Waals surface area contributed by atoms with Gasteiger partial charge in [-0.3, -0.25) is 0 Å². The highest BCUT2D eigenvalue weighted by molar-refractivity contribution is 7.87. The summed E-state index contributed by atoms with van der Waals surface area (Å²) < 4.78 is 43.8. The van der Waals surface area contributed by atoms with E-state index in [2.05, 4.69) is 0 Å². The lowest BCUT2D eigenvalue weighted by Gasteiger charge is -2.09. The SMILES string of the molecule is Cc1ccc(S(=O)(=O)Oc2ccc(-c3ccc(Cl)cc3)cc2F)cc1. The van der Waals surface area contributed by atoms with Gasteiger partial charge in [-0.25, -0.2) is 4.39 Å². The smallest absolute Gasteiger partial charge is 0.339 e. The minimum absolute atomic E-state index is 0.0284. The fraction of sp³-hybridized carbons (Fsp3) is 0.0526. The molecule has 0 saturated carbocycles. The van der Waals surface area contributed by atoms with Crippen LogP contribution in [0.1, 0.15) is 5.56 Å². The van der Waals surface area contributed by atoms with E-state index in [9.17, 15) is 12.8 Å². The first-order valence-electron chi connectivity index (χ1n) is 7.42. The number of halogens is 2. The third-order valence-corrected chi connectivity index (χ3v) is 5.12. The minimum atomic E-state index is -4.09. The lowest BCUT2D eigenvalue weighted by atomic mass is 10.1. The van der Waals surface area contributed by atoms with Crippen LogP contribution in [0, 0.1) is 12.7 Å². The van der Waals surface area contributed by atoms with Crippen LogP contribution in [0.3, 0.4) is 0 Å². The van der Waals surface area contributed by atoms with E-state index < -0.39 is 15.9 Å². The summed E-state index contributed by atoms with van der Waals surface area (Å²) in [4.78, 5) is -0.0284. The number of hydrogen-bond acceptors (Lipinski definition) is 3. The van der Waals surface area contributed by atoms with Crippen LogP contribution < -0.4 is 4.18 Å². The summed E-state index contributed by atoms with van der Waals surface area (Å²) in [5.41, 5.74) is 2.27. The Bertz CT molecular complexity index is 998. The average molecular weight is 377 g/mol. The van der Waals surface area contributed by atoms with Crippen molar-refractivity contribution in [1.82, 2.24) is 0 Å². The lowest BCUT2D eigenvalue weighted by Crippen LogP contribution is -2.10. The quantitative estimate of drug-likeness (QED) is 0.586. The molecule has 0 amide bonds. The number of rotatable bonds is 4. The molecule has 0 heterocycles. The second kappa shape index (κ2) is 6.86. The predicted octanol–water partition coefficient (Wildman–Crippen LogP) is 5.22. The van der Waals surface area contributed by atoms with Gasteiger partial charge < -0.3 is 4.18 Å². The molecule has 0 aliphatic carbocycles. The Morgan fingerprint density at radius 3 is 2.08 bits per heavy atom. The van der Waals surface area contributed by atoms with E-state index in [-0.39, 0.29) is 10.6 Å². The molecule has 0 bridgehead atoms. The van der Waals surface area contributed by atoms with Gasteiger partial charge in [0.25, 0.3) is 0 Å². The Morgan fingerprint density at radius 1 is 0.880 bits per heavy atom. The molecule has 6 heteroatoms. The highest BCUT2D eigenvalue weighted by Gasteiger charge is 2.19. The molecule has 0 spiro atoms. The lowest BCUT2D eigenvalue weighted by molar-refractivity contribution is 0.461. The molecule has 3 rings (SSSR count). The Kier molecular flexibility index (Phi) is 4.79. The monoisotopic (exact) mass is 376 g/mol. The van der Waals surface area contributed by atoms with E-state index in [0.29, 0.717) is 10.6 Å². The van der Waals surface area contributed by atoms with Gasteiger partial charge in [0.1, 0.15) is 4.90 Å². The second-order valence-corrected chi connectivity index (χ2v) is 7.49. The van der Waals surface area contributed by atoms with Crippen LogP contribution in [0.2, 0.25) is 5.02 Å². The topological polar surface area (TPSA) is 43.4 Å². The number of hydrogen-bond donors (Lipinski definition) is 0. The van der Waals surface area contributed by atoms with Gasteiger partial charge in [-0.15, -0.1) is 0 Å². The Hall–Kier alpha value is -2.37. The molecule has 0 aromatic heterocycles. The van der Waals surface area contributed by atoms with Gasteiger partial charge in [0, 0.05) is 5.02 Å². The Morgan fingerprint density at radius 2 is 1.48 bits per heavy atom. The van der Waals surface area contributed by atoms with Gasteiger partial charge >= 0.3 is 10.1 Å². The molecule has 3 aromatic rings. The van der Waals surface area contributed by atoms with Crippen LogP contribution in [0.5, 0.6) is 5.75 Å². The molecule has 0 aliphatic heterocycles. The highest BCUT2D eigenvalue weighted by atomic mass is 35.5. The van der Waals surface area contributed by atoms with Crippen molar-refractivity contribution >= 4 is 21.7 Å². The third-order valence-electron chi connectivity index (χ3n) is 3.62. The Labute approximate surface area is 150 Å². The molecule has 0 radical (unpaired) electrons. The van der Waals surface area contributed by atoms with Gasteiger partial charge in [0.2, 0.25) is 0 Å². The zero-order valence-electron chi connectivity index (χ0n) is 13.2. The van der Waals surface area contributed by atoms with Crippen LogP contribution in [0.15, 0.2) is 71.6 Å². The molecule has 0 fully saturated rings. The van der Waals surface area contributed by atoms with E-state index in [1.54, 1.807) is 42.5 Å². The molecule has 0 atom stereocenters. The highest BCUT2D eigenvalue weighted by Crippen LogP contribution is 2.28. The Balaban J connectivity index is 1.88. The van der Waals surface area contributed by atoms with Crippen LogP contribution in [0.4, 0.5) is 4.39 Å². The molecule has 0 unspecified atom stereocenters. The van der Waals surface area contributed by atoms with Crippen LogP contribution in [-0.4, -0.2) is 8.42 Å². The first kappa shape index (κ1) is 17.5. The molecule has 3 aromatic carbocycles. The normalized spacial score (nSPS) is 11.3. The van der Waals surface area contributed by atoms with Crippen LogP contribution in [-0.2, 0) is 10.1 Å². The fourth-order valence-corrected chi connectivity index (χ4v) is 3.32. The van der Waals surface area contributed by atoms with E-state index in [0.717, 1.165) is 11.1 Å². The maximum absolute atomic E-state index is 14.3.